The standard InChI is InChI=1S/C46H77NO8/c1-3-5-7-9-11-13-15-16-17-18-19-20-21-22-23-24-26-28-30-32-34-36-42(50)47-39(38-54-46-45(53)44(52)43(51)41(37-48)55-46)40(49)35-33-31-29-27-25-14-12-10-8-6-4-2/h5,7,11,13,16-17,19-20,22-23,25,27,33,35,39-41,43-46,48-49,51-53H,3-4,6,8-10,12,14-15,18,21,24,26,28-32,34,36-38H2,1-2H3,(H,47,50)/b7-5-,13-11-,17-16-,20-19-,23-22-,27-25+,35-33+. The van der Waals surface area contributed by atoms with Crippen LogP contribution in [0.4, 0.5) is 0 Å². The molecule has 0 saturated carbocycles. The van der Waals surface area contributed by atoms with E-state index in [1.807, 2.05) is 6.08 Å². The van der Waals surface area contributed by atoms with Crippen LogP contribution in [-0.4, -0.2) is 87.5 Å². The quantitative estimate of drug-likeness (QED) is 0.0288. The van der Waals surface area contributed by atoms with E-state index in [0.717, 1.165) is 89.9 Å². The molecule has 55 heavy (non-hydrogen) atoms. The molecule has 1 amide bonds. The Kier molecular flexibility index (Phi) is 32.8. The largest absolute Gasteiger partial charge is 0.394 e. The molecule has 0 aromatic rings. The van der Waals surface area contributed by atoms with E-state index in [2.05, 4.69) is 92.1 Å². The van der Waals surface area contributed by atoms with Crippen molar-refractivity contribution in [2.75, 3.05) is 13.2 Å². The predicted molar refractivity (Wildman–Crippen MR) is 225 cm³/mol. The number of carbonyl (C=O) groups is 1. The lowest BCUT2D eigenvalue weighted by molar-refractivity contribution is -0.302. The lowest BCUT2D eigenvalue weighted by Crippen LogP contribution is -2.60. The summed E-state index contributed by atoms with van der Waals surface area (Å²) < 4.78 is 11.1. The monoisotopic (exact) mass is 772 g/mol. The van der Waals surface area contributed by atoms with Crippen molar-refractivity contribution in [2.24, 2.45) is 0 Å². The van der Waals surface area contributed by atoms with Gasteiger partial charge >= 0.3 is 0 Å². The lowest BCUT2D eigenvalue weighted by Gasteiger charge is -2.40. The molecule has 0 radical (unpaired) electrons. The SMILES string of the molecule is CC/C=C\C/C=C\C/C=C\C/C=C\C/C=C\CCCCCCCC(=O)NC(COC1OC(CO)C(O)C(O)C1O)C(O)/C=C/CC/C=C/CCCCCCC. The van der Waals surface area contributed by atoms with Gasteiger partial charge in [0.25, 0.3) is 0 Å². The van der Waals surface area contributed by atoms with E-state index in [0.29, 0.717) is 6.42 Å². The minimum absolute atomic E-state index is 0.212. The fourth-order valence-corrected chi connectivity index (χ4v) is 6.02. The van der Waals surface area contributed by atoms with E-state index >= 15 is 0 Å². The third kappa shape index (κ3) is 26.8. The fraction of sp³-hybridized carbons (Fsp3) is 0.674. The van der Waals surface area contributed by atoms with Crippen molar-refractivity contribution in [1.82, 2.24) is 5.32 Å². The first kappa shape index (κ1) is 50.4. The molecule has 7 unspecified atom stereocenters. The van der Waals surface area contributed by atoms with Crippen LogP contribution >= 0.6 is 0 Å². The molecule has 7 atom stereocenters. The van der Waals surface area contributed by atoms with E-state index in [1.165, 1.54) is 32.1 Å². The zero-order valence-corrected chi connectivity index (χ0v) is 34.1. The van der Waals surface area contributed by atoms with Crippen LogP contribution < -0.4 is 5.32 Å². The molecule has 1 heterocycles. The van der Waals surface area contributed by atoms with Gasteiger partial charge in [-0.1, -0.05) is 144 Å². The molecule has 1 aliphatic rings. The van der Waals surface area contributed by atoms with Crippen LogP contribution in [0.3, 0.4) is 0 Å². The Morgan fingerprint density at radius 2 is 1.15 bits per heavy atom. The number of ether oxygens (including phenoxy) is 2. The van der Waals surface area contributed by atoms with Gasteiger partial charge in [-0.05, 0) is 77.0 Å². The summed E-state index contributed by atoms with van der Waals surface area (Å²) in [7, 11) is 0. The highest BCUT2D eigenvalue weighted by Crippen LogP contribution is 2.22. The topological polar surface area (TPSA) is 149 Å². The van der Waals surface area contributed by atoms with Crippen molar-refractivity contribution in [3.05, 3.63) is 85.1 Å². The number of amides is 1. The smallest absolute Gasteiger partial charge is 0.220 e. The van der Waals surface area contributed by atoms with E-state index in [1.54, 1.807) is 6.08 Å². The highest BCUT2D eigenvalue weighted by molar-refractivity contribution is 5.76. The Labute approximate surface area is 333 Å². The fourth-order valence-electron chi connectivity index (χ4n) is 6.02. The van der Waals surface area contributed by atoms with Crippen LogP contribution in [0.2, 0.25) is 0 Å². The molecule has 6 N–H and O–H groups in total. The second-order valence-electron chi connectivity index (χ2n) is 14.4. The summed E-state index contributed by atoms with van der Waals surface area (Å²) >= 11 is 0. The average molecular weight is 772 g/mol. The van der Waals surface area contributed by atoms with Gasteiger partial charge in [-0.25, -0.2) is 0 Å². The van der Waals surface area contributed by atoms with Crippen LogP contribution in [0, 0.1) is 0 Å². The zero-order valence-electron chi connectivity index (χ0n) is 34.1. The minimum Gasteiger partial charge on any atom is -0.394 e. The first-order valence-corrected chi connectivity index (χ1v) is 21.3. The van der Waals surface area contributed by atoms with Gasteiger partial charge in [-0.3, -0.25) is 4.79 Å². The third-order valence-electron chi connectivity index (χ3n) is 9.45. The van der Waals surface area contributed by atoms with Gasteiger partial charge in [0.1, 0.15) is 24.4 Å². The van der Waals surface area contributed by atoms with E-state index in [4.69, 9.17) is 9.47 Å². The first-order chi connectivity index (χ1) is 26.8. The summed E-state index contributed by atoms with van der Waals surface area (Å²) in [6.07, 6.45) is 42.0. The number of aliphatic hydroxyl groups is 5. The molecule has 1 aliphatic heterocycles. The summed E-state index contributed by atoms with van der Waals surface area (Å²) in [4.78, 5) is 12.9. The minimum atomic E-state index is -1.58. The Hall–Kier alpha value is -2.63. The molecule has 9 heteroatoms. The average Bonchev–Trinajstić information content (AvgIpc) is 3.18. The maximum Gasteiger partial charge on any atom is 0.220 e. The molecule has 0 spiro atoms. The molecule has 0 bridgehead atoms. The summed E-state index contributed by atoms with van der Waals surface area (Å²) in [6.45, 7) is 3.57. The summed E-state index contributed by atoms with van der Waals surface area (Å²) in [6, 6.07) is -0.835. The Bertz CT molecular complexity index is 1130. The van der Waals surface area contributed by atoms with E-state index in [-0.39, 0.29) is 12.5 Å². The maximum atomic E-state index is 12.9. The van der Waals surface area contributed by atoms with Crippen molar-refractivity contribution in [1.29, 1.82) is 0 Å². The molecular formula is C46H77NO8. The summed E-state index contributed by atoms with van der Waals surface area (Å²) in [5.41, 5.74) is 0. The third-order valence-corrected chi connectivity index (χ3v) is 9.45. The number of hydrogen-bond acceptors (Lipinski definition) is 8. The van der Waals surface area contributed by atoms with Crippen molar-refractivity contribution in [2.45, 2.75) is 185 Å². The number of allylic oxidation sites excluding steroid dienone is 13. The van der Waals surface area contributed by atoms with Gasteiger partial charge in [0.2, 0.25) is 5.91 Å². The molecule has 9 nitrogen and oxygen atoms in total. The molecule has 314 valence electrons. The number of aliphatic hydroxyl groups excluding tert-OH is 5. The van der Waals surface area contributed by atoms with Gasteiger partial charge in [0.15, 0.2) is 6.29 Å². The van der Waals surface area contributed by atoms with Gasteiger partial charge in [0, 0.05) is 6.42 Å². The Morgan fingerprint density at radius 3 is 1.75 bits per heavy atom. The molecule has 0 aliphatic carbocycles. The molecule has 1 saturated heterocycles. The summed E-state index contributed by atoms with van der Waals surface area (Å²) in [5, 5.41) is 54.0. The van der Waals surface area contributed by atoms with Crippen LogP contribution in [0.15, 0.2) is 85.1 Å². The second kappa shape index (κ2) is 35.8. The number of nitrogens with one attached hydrogen (secondary N) is 1. The lowest BCUT2D eigenvalue weighted by atomic mass is 9.99. The number of carbonyl (C=O) groups excluding carboxylic acids is 1. The van der Waals surface area contributed by atoms with E-state index in [9.17, 15) is 30.3 Å². The van der Waals surface area contributed by atoms with Gasteiger partial charge in [-0.15, -0.1) is 0 Å². The van der Waals surface area contributed by atoms with Crippen LogP contribution in [0.5, 0.6) is 0 Å². The van der Waals surface area contributed by atoms with Crippen molar-refractivity contribution < 1.29 is 39.8 Å². The number of rotatable bonds is 33. The van der Waals surface area contributed by atoms with Crippen molar-refractivity contribution >= 4 is 5.91 Å². The van der Waals surface area contributed by atoms with Gasteiger partial charge < -0.3 is 40.3 Å². The number of unbranched alkanes of at least 4 members (excludes halogenated alkanes) is 11. The zero-order chi connectivity index (χ0) is 40.2. The molecule has 1 rings (SSSR count). The highest BCUT2D eigenvalue weighted by atomic mass is 16.7. The number of hydrogen-bond donors (Lipinski definition) is 6. The highest BCUT2D eigenvalue weighted by Gasteiger charge is 2.44. The normalized spacial score (nSPS) is 22.2. The van der Waals surface area contributed by atoms with Crippen molar-refractivity contribution in [3.8, 4) is 0 Å². The van der Waals surface area contributed by atoms with Crippen LogP contribution in [0.25, 0.3) is 0 Å². The van der Waals surface area contributed by atoms with Gasteiger partial charge in [-0.2, -0.15) is 0 Å². The summed E-state index contributed by atoms with van der Waals surface area (Å²) in [5.74, 6) is -0.212. The maximum absolute atomic E-state index is 12.9. The molecular weight excluding hydrogens is 695 g/mol. The van der Waals surface area contributed by atoms with E-state index < -0.39 is 49.5 Å². The Morgan fingerprint density at radius 1 is 0.636 bits per heavy atom. The molecule has 0 aromatic carbocycles. The predicted octanol–water partition coefficient (Wildman–Crippen LogP) is 8.38. The second-order valence-corrected chi connectivity index (χ2v) is 14.4. The van der Waals surface area contributed by atoms with Crippen molar-refractivity contribution in [3.63, 3.8) is 0 Å². The van der Waals surface area contributed by atoms with Crippen LogP contribution in [-0.2, 0) is 14.3 Å². The Balaban J connectivity index is 2.40. The van der Waals surface area contributed by atoms with Crippen LogP contribution in [0.1, 0.15) is 142 Å². The molecule has 0 aromatic heterocycles. The first-order valence-electron chi connectivity index (χ1n) is 21.3. The van der Waals surface area contributed by atoms with Gasteiger partial charge in [0.05, 0.1) is 25.4 Å². The molecule has 1 fully saturated rings.